The van der Waals surface area contributed by atoms with E-state index in [0.717, 1.165) is 16.6 Å². The summed E-state index contributed by atoms with van der Waals surface area (Å²) in [6, 6.07) is 12.4. The highest BCUT2D eigenvalue weighted by atomic mass is 79.9. The lowest BCUT2D eigenvalue weighted by Gasteiger charge is -2.03. The zero-order chi connectivity index (χ0) is 11.8. The Bertz CT molecular complexity index is 607. The smallest absolute Gasteiger partial charge is 0.211 e. The second-order valence-corrected chi connectivity index (χ2v) is 5.03. The average molecular weight is 288 g/mol. The number of hydrogen-bond acceptors (Lipinski definition) is 1. The third-order valence-electron chi connectivity index (χ3n) is 3.07. The van der Waals surface area contributed by atoms with Crippen LogP contribution >= 0.6 is 15.9 Å². The molecule has 0 aromatic heterocycles. The van der Waals surface area contributed by atoms with E-state index in [1.54, 1.807) is 0 Å². The van der Waals surface area contributed by atoms with Crippen molar-refractivity contribution in [2.75, 3.05) is 5.32 Å². The van der Waals surface area contributed by atoms with Gasteiger partial charge in [-0.3, -0.25) is 4.79 Å². The minimum atomic E-state index is 0.709. The number of carbonyl (C=O) groups is 1. The molecule has 17 heavy (non-hydrogen) atoms. The molecule has 2 aromatic rings. The summed E-state index contributed by atoms with van der Waals surface area (Å²) in [5.74, 6) is 0. The molecule has 1 N–H and O–H groups in total. The SMILES string of the molecule is O=CNc1ccc2c(c1)Cc1cc(Br)ccc1-2. The van der Waals surface area contributed by atoms with E-state index in [-0.39, 0.29) is 0 Å². The van der Waals surface area contributed by atoms with Crippen molar-refractivity contribution in [3.05, 3.63) is 52.0 Å². The van der Waals surface area contributed by atoms with Crippen molar-refractivity contribution in [1.82, 2.24) is 0 Å². The Morgan fingerprint density at radius 3 is 2.53 bits per heavy atom. The molecule has 3 heteroatoms. The van der Waals surface area contributed by atoms with Crippen LogP contribution in [0.15, 0.2) is 40.9 Å². The average Bonchev–Trinajstić information content (AvgIpc) is 2.65. The number of nitrogens with one attached hydrogen (secondary N) is 1. The maximum Gasteiger partial charge on any atom is 0.211 e. The minimum absolute atomic E-state index is 0.709. The van der Waals surface area contributed by atoms with E-state index < -0.39 is 0 Å². The van der Waals surface area contributed by atoms with Gasteiger partial charge in [-0.1, -0.05) is 28.1 Å². The van der Waals surface area contributed by atoms with E-state index in [2.05, 4.69) is 45.5 Å². The van der Waals surface area contributed by atoms with Gasteiger partial charge in [0.2, 0.25) is 6.41 Å². The topological polar surface area (TPSA) is 29.1 Å². The van der Waals surface area contributed by atoms with Crippen LogP contribution in [0.3, 0.4) is 0 Å². The van der Waals surface area contributed by atoms with E-state index in [1.807, 2.05) is 12.1 Å². The lowest BCUT2D eigenvalue weighted by molar-refractivity contribution is -0.105. The van der Waals surface area contributed by atoms with Crippen molar-refractivity contribution < 1.29 is 4.79 Å². The molecule has 3 rings (SSSR count). The van der Waals surface area contributed by atoms with Gasteiger partial charge in [0.05, 0.1) is 0 Å². The normalized spacial score (nSPS) is 11.8. The Kier molecular flexibility index (Phi) is 2.48. The molecule has 0 heterocycles. The Morgan fingerprint density at radius 2 is 1.76 bits per heavy atom. The molecule has 1 aliphatic carbocycles. The van der Waals surface area contributed by atoms with Gasteiger partial charge < -0.3 is 5.32 Å². The first-order chi connectivity index (χ1) is 8.28. The van der Waals surface area contributed by atoms with E-state index in [1.165, 1.54) is 22.3 Å². The zero-order valence-electron chi connectivity index (χ0n) is 9.03. The first-order valence-electron chi connectivity index (χ1n) is 5.40. The maximum atomic E-state index is 10.4. The maximum absolute atomic E-state index is 10.4. The summed E-state index contributed by atoms with van der Waals surface area (Å²) in [6.07, 6.45) is 1.64. The molecule has 84 valence electrons. The molecule has 2 nitrogen and oxygen atoms in total. The summed E-state index contributed by atoms with van der Waals surface area (Å²) >= 11 is 3.49. The van der Waals surface area contributed by atoms with Crippen molar-refractivity contribution in [2.24, 2.45) is 0 Å². The first-order valence-corrected chi connectivity index (χ1v) is 6.19. The number of halogens is 1. The van der Waals surface area contributed by atoms with Crippen LogP contribution in [0.2, 0.25) is 0 Å². The van der Waals surface area contributed by atoms with E-state index >= 15 is 0 Å². The molecule has 0 bridgehead atoms. The Labute approximate surface area is 108 Å². The molecule has 0 aliphatic heterocycles. The van der Waals surface area contributed by atoms with E-state index in [4.69, 9.17) is 0 Å². The predicted molar refractivity (Wildman–Crippen MR) is 72.1 cm³/mol. The third-order valence-corrected chi connectivity index (χ3v) is 3.56. The minimum Gasteiger partial charge on any atom is -0.329 e. The van der Waals surface area contributed by atoms with Gasteiger partial charge in [0, 0.05) is 10.2 Å². The van der Waals surface area contributed by atoms with Gasteiger partial charge in [0.15, 0.2) is 0 Å². The molecular weight excluding hydrogens is 278 g/mol. The summed E-state index contributed by atoms with van der Waals surface area (Å²) in [5.41, 5.74) is 6.01. The molecule has 0 spiro atoms. The summed E-state index contributed by atoms with van der Waals surface area (Å²) in [4.78, 5) is 10.4. The summed E-state index contributed by atoms with van der Waals surface area (Å²) in [6.45, 7) is 0. The second-order valence-electron chi connectivity index (χ2n) is 4.11. The molecule has 0 fully saturated rings. The van der Waals surface area contributed by atoms with Crippen molar-refractivity contribution in [3.63, 3.8) is 0 Å². The molecular formula is C14H10BrNO. The van der Waals surface area contributed by atoms with Crippen LogP contribution < -0.4 is 5.32 Å². The fraction of sp³-hybridized carbons (Fsp3) is 0.0714. The molecule has 0 atom stereocenters. The lowest BCUT2D eigenvalue weighted by Crippen LogP contribution is -1.94. The van der Waals surface area contributed by atoms with Crippen LogP contribution in [0, 0.1) is 0 Å². The third kappa shape index (κ3) is 1.76. The highest BCUT2D eigenvalue weighted by molar-refractivity contribution is 9.10. The van der Waals surface area contributed by atoms with Crippen LogP contribution in [0.1, 0.15) is 11.1 Å². The predicted octanol–water partition coefficient (Wildman–Crippen LogP) is 3.59. The molecule has 0 radical (unpaired) electrons. The van der Waals surface area contributed by atoms with Gasteiger partial charge in [0.25, 0.3) is 0 Å². The van der Waals surface area contributed by atoms with Gasteiger partial charge in [-0.25, -0.2) is 0 Å². The monoisotopic (exact) mass is 287 g/mol. The van der Waals surface area contributed by atoms with Crippen molar-refractivity contribution in [1.29, 1.82) is 0 Å². The Morgan fingerprint density at radius 1 is 1.06 bits per heavy atom. The fourth-order valence-corrected chi connectivity index (χ4v) is 2.75. The van der Waals surface area contributed by atoms with Gasteiger partial charge in [-0.05, 0) is 52.9 Å². The quantitative estimate of drug-likeness (QED) is 0.717. The standard InChI is InChI=1S/C14H10BrNO/c15-11-1-3-13-9(6-11)5-10-7-12(16-8-17)2-4-14(10)13/h1-4,6-8H,5H2,(H,16,17). The lowest BCUT2D eigenvalue weighted by atomic mass is 10.1. The van der Waals surface area contributed by atoms with Gasteiger partial charge in [-0.2, -0.15) is 0 Å². The summed E-state index contributed by atoms with van der Waals surface area (Å²) < 4.78 is 1.11. The number of fused-ring (bicyclic) bond motifs is 3. The van der Waals surface area contributed by atoms with Crippen LogP contribution in [0.5, 0.6) is 0 Å². The van der Waals surface area contributed by atoms with Crippen molar-refractivity contribution in [2.45, 2.75) is 6.42 Å². The summed E-state index contributed by atoms with van der Waals surface area (Å²) in [5, 5.41) is 2.69. The van der Waals surface area contributed by atoms with Crippen molar-refractivity contribution in [3.8, 4) is 11.1 Å². The molecule has 2 aromatic carbocycles. The van der Waals surface area contributed by atoms with Crippen LogP contribution in [0.25, 0.3) is 11.1 Å². The number of rotatable bonds is 2. The number of carbonyl (C=O) groups excluding carboxylic acids is 1. The second kappa shape index (κ2) is 4.00. The van der Waals surface area contributed by atoms with Crippen LogP contribution in [-0.2, 0) is 11.2 Å². The molecule has 0 saturated heterocycles. The molecule has 0 unspecified atom stereocenters. The zero-order valence-corrected chi connectivity index (χ0v) is 10.6. The van der Waals surface area contributed by atoms with Crippen LogP contribution in [-0.4, -0.2) is 6.41 Å². The summed E-state index contributed by atoms with van der Waals surface area (Å²) in [7, 11) is 0. The highest BCUT2D eigenvalue weighted by Gasteiger charge is 2.18. The molecule has 0 saturated carbocycles. The van der Waals surface area contributed by atoms with Gasteiger partial charge in [0.1, 0.15) is 0 Å². The highest BCUT2D eigenvalue weighted by Crippen LogP contribution is 2.38. The number of benzene rings is 2. The molecule has 1 amide bonds. The number of anilines is 1. The number of amides is 1. The largest absolute Gasteiger partial charge is 0.329 e. The molecule has 1 aliphatic rings. The van der Waals surface area contributed by atoms with Crippen molar-refractivity contribution >= 4 is 28.0 Å². The van der Waals surface area contributed by atoms with E-state index in [0.29, 0.717) is 6.41 Å². The first kappa shape index (κ1) is 10.5. The van der Waals surface area contributed by atoms with E-state index in [9.17, 15) is 4.79 Å². The van der Waals surface area contributed by atoms with Gasteiger partial charge >= 0.3 is 0 Å². The Balaban J connectivity index is 2.09. The fourth-order valence-electron chi connectivity index (χ4n) is 2.34. The Hall–Kier alpha value is -1.61. The van der Waals surface area contributed by atoms with Crippen LogP contribution in [0.4, 0.5) is 5.69 Å². The van der Waals surface area contributed by atoms with Gasteiger partial charge in [-0.15, -0.1) is 0 Å². The number of hydrogen-bond donors (Lipinski definition) is 1.